The summed E-state index contributed by atoms with van der Waals surface area (Å²) in [5.74, 6) is 1.30. The van der Waals surface area contributed by atoms with E-state index >= 15 is 0 Å². The third-order valence-corrected chi connectivity index (χ3v) is 16.1. The second-order valence-corrected chi connectivity index (χ2v) is 22.0. The number of piperidine rings is 1. The Hall–Kier alpha value is -5.54. The van der Waals surface area contributed by atoms with Crippen LogP contribution in [0.1, 0.15) is 97.7 Å². The van der Waals surface area contributed by atoms with Crippen molar-refractivity contribution in [2.45, 2.75) is 110 Å². The summed E-state index contributed by atoms with van der Waals surface area (Å²) in [5, 5.41) is 13.4. The van der Waals surface area contributed by atoms with Crippen molar-refractivity contribution in [1.82, 2.24) is 29.6 Å². The van der Waals surface area contributed by atoms with Gasteiger partial charge in [0.1, 0.15) is 28.1 Å². The zero-order valence-corrected chi connectivity index (χ0v) is 38.2. The molecule has 1 saturated heterocycles. The first-order valence-corrected chi connectivity index (χ1v) is 23.2. The van der Waals surface area contributed by atoms with Crippen molar-refractivity contribution in [2.24, 2.45) is 0 Å². The van der Waals surface area contributed by atoms with Crippen LogP contribution in [0.5, 0.6) is 5.75 Å². The first-order chi connectivity index (χ1) is 29.1. The van der Waals surface area contributed by atoms with Crippen LogP contribution in [0.4, 0.5) is 21.4 Å². The van der Waals surface area contributed by atoms with E-state index in [0.29, 0.717) is 54.4 Å². The Morgan fingerprint density at radius 1 is 0.934 bits per heavy atom. The number of hydrogen-bond acceptors (Lipinski definition) is 11. The van der Waals surface area contributed by atoms with Gasteiger partial charge in [-0.2, -0.15) is 10.1 Å². The smallest absolute Gasteiger partial charge is 0.413 e. The fourth-order valence-electron chi connectivity index (χ4n) is 8.25. The molecule has 0 saturated carbocycles. The molecule has 61 heavy (non-hydrogen) atoms. The monoisotopic (exact) mass is 850 g/mol. The molecular formula is C46H62N8O6Si. The lowest BCUT2D eigenvalue weighted by atomic mass is 9.91. The summed E-state index contributed by atoms with van der Waals surface area (Å²) in [4.78, 5) is 41.4. The summed E-state index contributed by atoms with van der Waals surface area (Å²) in [6.07, 6.45) is 6.77. The number of rotatable bonds is 15. The Bertz CT molecular complexity index is 2200. The molecule has 0 bridgehead atoms. The number of anilines is 2. The number of hydrogen-bond donors (Lipinski definition) is 2. The lowest BCUT2D eigenvalue weighted by Gasteiger charge is -2.43. The number of likely N-dealkylation sites (tertiary alicyclic amines) is 1. The van der Waals surface area contributed by atoms with Crippen molar-refractivity contribution in [3.8, 4) is 5.75 Å². The summed E-state index contributed by atoms with van der Waals surface area (Å²) in [7, 11) is 0.166. The molecule has 3 aromatic heterocycles. The van der Waals surface area contributed by atoms with Crippen molar-refractivity contribution < 1.29 is 28.2 Å². The molecule has 2 amide bonds. The maximum absolute atomic E-state index is 12.9. The second-order valence-electron chi connectivity index (χ2n) is 17.7. The molecule has 1 fully saturated rings. The van der Waals surface area contributed by atoms with Gasteiger partial charge in [0.05, 0.1) is 27.0 Å². The molecule has 2 N–H and O–H groups in total. The third-order valence-electron chi connectivity index (χ3n) is 11.1. The minimum atomic E-state index is -2.76. The van der Waals surface area contributed by atoms with Gasteiger partial charge in [-0.05, 0) is 73.5 Å². The first-order valence-electron chi connectivity index (χ1n) is 21.3. The van der Waals surface area contributed by atoms with Crippen molar-refractivity contribution >= 4 is 53.7 Å². The quantitative estimate of drug-likeness (QED) is 0.0982. The Kier molecular flexibility index (Phi) is 14.3. The summed E-state index contributed by atoms with van der Waals surface area (Å²) in [6.45, 7) is 16.6. The molecule has 326 valence electrons. The van der Waals surface area contributed by atoms with Crippen molar-refractivity contribution in [2.75, 3.05) is 44.5 Å². The third kappa shape index (κ3) is 10.7. The van der Waals surface area contributed by atoms with Gasteiger partial charge in [0.15, 0.2) is 5.82 Å². The van der Waals surface area contributed by atoms with Gasteiger partial charge in [0.25, 0.3) is 8.32 Å². The second kappa shape index (κ2) is 19.4. The predicted octanol–water partition coefficient (Wildman–Crippen LogP) is 8.12. The van der Waals surface area contributed by atoms with Gasteiger partial charge in [0.2, 0.25) is 5.95 Å². The van der Waals surface area contributed by atoms with Crippen LogP contribution in [0.25, 0.3) is 11.0 Å². The van der Waals surface area contributed by atoms with Gasteiger partial charge < -0.3 is 28.9 Å². The highest BCUT2D eigenvalue weighted by molar-refractivity contribution is 6.99. The number of carbonyl (C=O) groups excluding carboxylic acids is 2. The molecule has 0 radical (unpaired) electrons. The van der Waals surface area contributed by atoms with Crippen LogP contribution < -0.4 is 25.7 Å². The van der Waals surface area contributed by atoms with E-state index in [0.717, 1.165) is 31.2 Å². The van der Waals surface area contributed by atoms with Gasteiger partial charge >= 0.3 is 12.2 Å². The van der Waals surface area contributed by atoms with E-state index in [9.17, 15) is 9.59 Å². The topological polar surface area (TPSA) is 155 Å². The number of methoxy groups -OCH3 is 2. The average molecular weight is 851 g/mol. The van der Waals surface area contributed by atoms with Gasteiger partial charge in [-0.15, -0.1) is 0 Å². The van der Waals surface area contributed by atoms with Gasteiger partial charge in [-0.3, -0.25) is 15.0 Å². The molecule has 5 aromatic rings. The van der Waals surface area contributed by atoms with Crippen LogP contribution in [0.2, 0.25) is 5.04 Å². The molecule has 0 aliphatic carbocycles. The zero-order chi connectivity index (χ0) is 43.8. The first kappa shape index (κ1) is 45.0. The van der Waals surface area contributed by atoms with Crippen molar-refractivity contribution in [3.05, 3.63) is 90.4 Å². The number of fused-ring (bicyclic) bond motifs is 1. The predicted molar refractivity (Wildman–Crippen MR) is 242 cm³/mol. The molecule has 14 nitrogen and oxygen atoms in total. The molecule has 2 atom stereocenters. The van der Waals surface area contributed by atoms with E-state index in [1.165, 1.54) is 17.5 Å². The molecule has 4 heterocycles. The number of pyridine rings is 1. The van der Waals surface area contributed by atoms with Crippen LogP contribution in [0, 0.1) is 0 Å². The highest BCUT2D eigenvalue weighted by Gasteiger charge is 2.50. The molecule has 0 spiro atoms. The average Bonchev–Trinajstić information content (AvgIpc) is 3.64. The van der Waals surface area contributed by atoms with E-state index < -0.39 is 20.0 Å². The Morgan fingerprint density at radius 2 is 1.62 bits per heavy atom. The molecule has 1 unspecified atom stereocenters. The summed E-state index contributed by atoms with van der Waals surface area (Å²) in [6, 6.07) is 23.3. The number of nitrogens with one attached hydrogen (secondary N) is 2. The molecular weight excluding hydrogens is 789 g/mol. The molecule has 1 aliphatic heterocycles. The lowest BCUT2D eigenvalue weighted by Crippen LogP contribution is -2.66. The Morgan fingerprint density at radius 3 is 2.23 bits per heavy atom. The van der Waals surface area contributed by atoms with Gasteiger partial charge in [0, 0.05) is 37.9 Å². The lowest BCUT2D eigenvalue weighted by molar-refractivity contribution is 0.0198. The fourth-order valence-corrected chi connectivity index (χ4v) is 12.8. The summed E-state index contributed by atoms with van der Waals surface area (Å²) < 4.78 is 25.5. The number of nitrogens with zero attached hydrogens (tertiary/aromatic N) is 6. The van der Waals surface area contributed by atoms with E-state index in [-0.39, 0.29) is 35.6 Å². The largest absolute Gasteiger partial charge is 0.495 e. The van der Waals surface area contributed by atoms with Crippen LogP contribution >= 0.6 is 0 Å². The van der Waals surface area contributed by atoms with Crippen LogP contribution in [0.15, 0.2) is 79.1 Å². The van der Waals surface area contributed by atoms with E-state index in [4.69, 9.17) is 33.7 Å². The minimum Gasteiger partial charge on any atom is -0.495 e. The minimum absolute atomic E-state index is 0.0432. The Labute approximate surface area is 360 Å². The van der Waals surface area contributed by atoms with Crippen molar-refractivity contribution in [3.63, 3.8) is 0 Å². The number of carbonyl (C=O) groups is 2. The van der Waals surface area contributed by atoms with E-state index in [1.54, 1.807) is 22.9 Å². The maximum atomic E-state index is 12.9. The Balaban J connectivity index is 1.28. The SMILES string of the molecule is CCC[C@@H](CCO[Si](c1ccccc1)(c1ccccc1)C(C)(C)C)Nc1nc(NC(=O)OC)nc2cnn(Cc3ncc(C4CCCN(C(=O)OC(C)(C)C)C4)cc3OC)c12. The van der Waals surface area contributed by atoms with Crippen LogP contribution in [0.3, 0.4) is 0 Å². The molecule has 15 heteroatoms. The highest BCUT2D eigenvalue weighted by Crippen LogP contribution is 2.37. The number of amides is 2. The van der Waals surface area contributed by atoms with Crippen molar-refractivity contribution in [1.29, 1.82) is 0 Å². The molecule has 6 rings (SSSR count). The van der Waals surface area contributed by atoms with Crippen LogP contribution in [-0.2, 0) is 20.4 Å². The number of aromatic nitrogens is 5. The standard InChI is InChI=1S/C46H62N8O6Si/c1-10-18-34(24-26-59-61(46(5,6)7,35-20-13-11-14-21-35)36-22-15-12-16-23-36)49-41-40-37(50-42(51-41)52-43(55)58-9)29-48-54(40)31-38-39(57-8)27-33(28-47-38)32-19-17-25-53(30-32)44(56)60-45(2,3)4/h11-16,20-23,27-29,32,34H,10,17-19,24-26,30-31H2,1-9H3,(H2,49,50,51,52,55)/t32?,34-/m0/s1. The maximum Gasteiger partial charge on any atom is 0.413 e. The van der Waals surface area contributed by atoms with Crippen LogP contribution in [-0.4, -0.2) is 95.7 Å². The number of ether oxygens (including phenoxy) is 3. The van der Waals surface area contributed by atoms with E-state index in [2.05, 4.69) is 104 Å². The molecule has 2 aromatic carbocycles. The van der Waals surface area contributed by atoms with E-state index in [1.807, 2.05) is 33.0 Å². The molecule has 1 aliphatic rings. The normalized spacial score (nSPS) is 15.3. The fraction of sp³-hybridized carbons (Fsp3) is 0.478. The highest BCUT2D eigenvalue weighted by atomic mass is 28.4. The van der Waals surface area contributed by atoms with Gasteiger partial charge in [-0.25, -0.2) is 14.6 Å². The summed E-state index contributed by atoms with van der Waals surface area (Å²) >= 11 is 0. The zero-order valence-electron chi connectivity index (χ0n) is 37.2. The summed E-state index contributed by atoms with van der Waals surface area (Å²) in [5.41, 5.74) is 2.28. The van der Waals surface area contributed by atoms with Gasteiger partial charge in [-0.1, -0.05) is 94.8 Å². The number of benzene rings is 2.